The zero-order valence-corrected chi connectivity index (χ0v) is 9.20. The standard InChI is InChI=1S/C10H11N7/c1-16-5-8(12-6-16)13-9-7-3-2-4-17(7)15-10(11)14-9/h2-6H,1H3,(H3,11,13,14,15). The van der Waals surface area contributed by atoms with Gasteiger partial charge in [0.25, 0.3) is 0 Å². The molecule has 0 saturated heterocycles. The molecule has 0 saturated carbocycles. The van der Waals surface area contributed by atoms with Crippen LogP contribution in [-0.2, 0) is 7.05 Å². The van der Waals surface area contributed by atoms with Crippen molar-refractivity contribution in [1.82, 2.24) is 24.1 Å². The van der Waals surface area contributed by atoms with Gasteiger partial charge in [-0.05, 0) is 12.1 Å². The summed E-state index contributed by atoms with van der Waals surface area (Å²) >= 11 is 0. The molecule has 17 heavy (non-hydrogen) atoms. The van der Waals surface area contributed by atoms with Gasteiger partial charge in [0, 0.05) is 19.4 Å². The van der Waals surface area contributed by atoms with Gasteiger partial charge in [-0.1, -0.05) is 0 Å². The van der Waals surface area contributed by atoms with Gasteiger partial charge in [-0.15, -0.1) is 5.10 Å². The Morgan fingerprint density at radius 3 is 3.06 bits per heavy atom. The van der Waals surface area contributed by atoms with E-state index in [9.17, 15) is 0 Å². The molecule has 0 radical (unpaired) electrons. The van der Waals surface area contributed by atoms with E-state index in [0.29, 0.717) is 11.6 Å². The molecule has 86 valence electrons. The average Bonchev–Trinajstić information content (AvgIpc) is 2.87. The molecule has 7 nitrogen and oxygen atoms in total. The molecule has 0 spiro atoms. The van der Waals surface area contributed by atoms with E-state index >= 15 is 0 Å². The molecule has 3 heterocycles. The summed E-state index contributed by atoms with van der Waals surface area (Å²) in [5, 5.41) is 7.17. The third-order valence-corrected chi connectivity index (χ3v) is 2.36. The lowest BCUT2D eigenvalue weighted by Gasteiger charge is -2.05. The number of hydrogen-bond acceptors (Lipinski definition) is 5. The number of anilines is 3. The number of fused-ring (bicyclic) bond motifs is 1. The summed E-state index contributed by atoms with van der Waals surface area (Å²) in [6.45, 7) is 0. The van der Waals surface area contributed by atoms with Crippen molar-refractivity contribution in [2.24, 2.45) is 7.05 Å². The first-order chi connectivity index (χ1) is 8.22. The van der Waals surface area contributed by atoms with E-state index in [-0.39, 0.29) is 5.95 Å². The van der Waals surface area contributed by atoms with E-state index < -0.39 is 0 Å². The second kappa shape index (κ2) is 3.48. The van der Waals surface area contributed by atoms with Crippen LogP contribution in [-0.4, -0.2) is 24.1 Å². The van der Waals surface area contributed by atoms with E-state index in [4.69, 9.17) is 5.73 Å². The van der Waals surface area contributed by atoms with Gasteiger partial charge in [-0.25, -0.2) is 9.50 Å². The molecule has 3 rings (SSSR count). The fraction of sp³-hybridized carbons (Fsp3) is 0.100. The third-order valence-electron chi connectivity index (χ3n) is 2.36. The van der Waals surface area contributed by atoms with Crippen molar-refractivity contribution in [2.75, 3.05) is 11.1 Å². The largest absolute Gasteiger partial charge is 0.366 e. The van der Waals surface area contributed by atoms with Crippen LogP contribution in [0.25, 0.3) is 5.52 Å². The van der Waals surface area contributed by atoms with E-state index in [1.165, 1.54) is 0 Å². The number of nitrogens with two attached hydrogens (primary N) is 1. The van der Waals surface area contributed by atoms with Gasteiger partial charge in [-0.2, -0.15) is 4.98 Å². The fourth-order valence-electron chi connectivity index (χ4n) is 1.64. The number of rotatable bonds is 2. The second-order valence-electron chi connectivity index (χ2n) is 3.71. The fourth-order valence-corrected chi connectivity index (χ4v) is 1.64. The number of nitrogen functional groups attached to an aromatic ring is 1. The van der Waals surface area contributed by atoms with Gasteiger partial charge >= 0.3 is 0 Å². The predicted molar refractivity (Wildman–Crippen MR) is 63.9 cm³/mol. The molecule has 3 N–H and O–H groups in total. The summed E-state index contributed by atoms with van der Waals surface area (Å²) in [6.07, 6.45) is 5.39. The van der Waals surface area contributed by atoms with Crippen molar-refractivity contribution in [2.45, 2.75) is 0 Å². The van der Waals surface area contributed by atoms with Gasteiger partial charge < -0.3 is 15.6 Å². The predicted octanol–water partition coefficient (Wildman–Crippen LogP) is 0.789. The van der Waals surface area contributed by atoms with Crippen molar-refractivity contribution in [1.29, 1.82) is 0 Å². The van der Waals surface area contributed by atoms with Crippen LogP contribution in [0.3, 0.4) is 0 Å². The normalized spacial score (nSPS) is 10.9. The molecule has 0 fully saturated rings. The topological polar surface area (TPSA) is 86.1 Å². The number of nitrogens with zero attached hydrogens (tertiary/aromatic N) is 5. The minimum atomic E-state index is 0.215. The number of imidazole rings is 1. The van der Waals surface area contributed by atoms with Crippen LogP contribution in [0.15, 0.2) is 30.9 Å². The molecule has 0 aliphatic carbocycles. The molecule has 7 heteroatoms. The summed E-state index contributed by atoms with van der Waals surface area (Å²) in [5.41, 5.74) is 6.49. The Bertz CT molecular complexity index is 666. The summed E-state index contributed by atoms with van der Waals surface area (Å²) in [6, 6.07) is 3.79. The molecule has 0 aromatic carbocycles. The zero-order valence-electron chi connectivity index (χ0n) is 9.20. The highest BCUT2D eigenvalue weighted by Gasteiger charge is 2.07. The van der Waals surface area contributed by atoms with Crippen LogP contribution in [0.5, 0.6) is 0 Å². The smallest absolute Gasteiger partial charge is 0.240 e. The Hall–Kier alpha value is -2.57. The molecule has 0 aliphatic rings. The minimum absolute atomic E-state index is 0.215. The zero-order chi connectivity index (χ0) is 11.8. The lowest BCUT2D eigenvalue weighted by Crippen LogP contribution is -2.05. The number of aryl methyl sites for hydroxylation is 1. The van der Waals surface area contributed by atoms with E-state index in [2.05, 4.69) is 20.4 Å². The first kappa shape index (κ1) is 9.64. The first-order valence-corrected chi connectivity index (χ1v) is 5.08. The molecule has 0 unspecified atom stereocenters. The lowest BCUT2D eigenvalue weighted by atomic mass is 10.5. The monoisotopic (exact) mass is 229 g/mol. The number of hydrogen-bond donors (Lipinski definition) is 2. The maximum atomic E-state index is 5.63. The second-order valence-corrected chi connectivity index (χ2v) is 3.71. The van der Waals surface area contributed by atoms with Gasteiger partial charge in [0.2, 0.25) is 5.95 Å². The van der Waals surface area contributed by atoms with E-state index in [1.807, 2.05) is 36.1 Å². The number of aromatic nitrogens is 5. The van der Waals surface area contributed by atoms with Crippen LogP contribution in [0.4, 0.5) is 17.6 Å². The molecular formula is C10H11N7. The summed E-state index contributed by atoms with van der Waals surface area (Å²) in [7, 11) is 1.90. The molecule has 3 aromatic rings. The van der Waals surface area contributed by atoms with Gasteiger partial charge in [0.05, 0.1) is 6.33 Å². The van der Waals surface area contributed by atoms with Crippen LogP contribution in [0.2, 0.25) is 0 Å². The SMILES string of the molecule is Cn1cnc(Nc2nc(N)nn3cccc23)c1. The average molecular weight is 229 g/mol. The van der Waals surface area contributed by atoms with Gasteiger partial charge in [-0.3, -0.25) is 0 Å². The van der Waals surface area contributed by atoms with Crippen LogP contribution < -0.4 is 11.1 Å². The Morgan fingerprint density at radius 2 is 2.29 bits per heavy atom. The molecule has 3 aromatic heterocycles. The molecule has 0 bridgehead atoms. The van der Waals surface area contributed by atoms with Crippen LogP contribution in [0, 0.1) is 0 Å². The first-order valence-electron chi connectivity index (χ1n) is 5.08. The van der Waals surface area contributed by atoms with Crippen molar-refractivity contribution >= 4 is 23.1 Å². The highest BCUT2D eigenvalue weighted by atomic mass is 15.3. The minimum Gasteiger partial charge on any atom is -0.366 e. The molecule has 0 aliphatic heterocycles. The van der Waals surface area contributed by atoms with E-state index in [1.54, 1.807) is 10.8 Å². The Labute approximate surface area is 96.9 Å². The Morgan fingerprint density at radius 1 is 1.41 bits per heavy atom. The quantitative estimate of drug-likeness (QED) is 0.678. The summed E-state index contributed by atoms with van der Waals surface area (Å²) < 4.78 is 3.52. The van der Waals surface area contributed by atoms with E-state index in [0.717, 1.165) is 5.52 Å². The van der Waals surface area contributed by atoms with Crippen molar-refractivity contribution < 1.29 is 0 Å². The maximum Gasteiger partial charge on any atom is 0.240 e. The third kappa shape index (κ3) is 1.67. The molecule has 0 atom stereocenters. The van der Waals surface area contributed by atoms with Crippen molar-refractivity contribution in [3.8, 4) is 0 Å². The Balaban J connectivity index is 2.07. The summed E-state index contributed by atoms with van der Waals surface area (Å²) in [5.74, 6) is 1.57. The van der Waals surface area contributed by atoms with Crippen LogP contribution >= 0.6 is 0 Å². The van der Waals surface area contributed by atoms with Gasteiger partial charge in [0.1, 0.15) is 11.3 Å². The van der Waals surface area contributed by atoms with Crippen molar-refractivity contribution in [3.05, 3.63) is 30.9 Å². The molecule has 0 amide bonds. The number of nitrogens with one attached hydrogen (secondary N) is 1. The maximum absolute atomic E-state index is 5.63. The summed E-state index contributed by atoms with van der Waals surface area (Å²) in [4.78, 5) is 8.34. The van der Waals surface area contributed by atoms with Gasteiger partial charge in [0.15, 0.2) is 5.82 Å². The Kier molecular flexibility index (Phi) is 1.97. The highest BCUT2D eigenvalue weighted by molar-refractivity contribution is 5.72. The van der Waals surface area contributed by atoms with Crippen LogP contribution in [0.1, 0.15) is 0 Å². The van der Waals surface area contributed by atoms with Crippen molar-refractivity contribution in [3.63, 3.8) is 0 Å². The highest BCUT2D eigenvalue weighted by Crippen LogP contribution is 2.18. The molecular weight excluding hydrogens is 218 g/mol. The lowest BCUT2D eigenvalue weighted by molar-refractivity contribution is 0.913.